The van der Waals surface area contributed by atoms with E-state index in [1.165, 1.54) is 0 Å². The maximum absolute atomic E-state index is 13.0. The Hall–Kier alpha value is -0.290. The van der Waals surface area contributed by atoms with Gasteiger partial charge in [0.2, 0.25) is 0 Å². The van der Waals surface area contributed by atoms with Crippen LogP contribution in [0, 0.1) is 11.6 Å². The summed E-state index contributed by atoms with van der Waals surface area (Å²) in [7, 11) is 0. The SMILES string of the molecule is O=C(CBr)c1cc(F)c(Br)cc1F. The third kappa shape index (κ3) is 2.34. The summed E-state index contributed by atoms with van der Waals surface area (Å²) in [5.74, 6) is -1.85. The topological polar surface area (TPSA) is 17.1 Å². The predicted molar refractivity (Wildman–Crippen MR) is 52.2 cm³/mol. The summed E-state index contributed by atoms with van der Waals surface area (Å²) in [5, 5.41) is -0.0228. The second kappa shape index (κ2) is 4.28. The zero-order valence-electron chi connectivity index (χ0n) is 6.28. The van der Waals surface area contributed by atoms with Crippen LogP contribution in [0.15, 0.2) is 16.6 Å². The number of hydrogen-bond acceptors (Lipinski definition) is 1. The number of ketones is 1. The molecule has 0 atom stereocenters. The van der Waals surface area contributed by atoms with Gasteiger partial charge >= 0.3 is 0 Å². The molecule has 0 fully saturated rings. The van der Waals surface area contributed by atoms with Crippen molar-refractivity contribution >= 4 is 37.6 Å². The molecule has 1 aromatic rings. The molecule has 0 aliphatic heterocycles. The molecule has 13 heavy (non-hydrogen) atoms. The van der Waals surface area contributed by atoms with E-state index in [9.17, 15) is 13.6 Å². The van der Waals surface area contributed by atoms with Gasteiger partial charge in [-0.3, -0.25) is 4.79 Å². The maximum atomic E-state index is 13.0. The van der Waals surface area contributed by atoms with Crippen molar-refractivity contribution in [3.63, 3.8) is 0 Å². The van der Waals surface area contributed by atoms with Crippen LogP contribution in [-0.2, 0) is 0 Å². The molecular formula is C8H4Br2F2O. The van der Waals surface area contributed by atoms with Crippen LogP contribution < -0.4 is 0 Å². The Labute approximate surface area is 90.4 Å². The third-order valence-electron chi connectivity index (χ3n) is 1.43. The number of alkyl halides is 1. The molecule has 0 aliphatic rings. The number of halogens is 4. The summed E-state index contributed by atoms with van der Waals surface area (Å²) in [6, 6.07) is 1.81. The van der Waals surface area contributed by atoms with Crippen molar-refractivity contribution in [2.45, 2.75) is 0 Å². The molecule has 1 aromatic carbocycles. The summed E-state index contributed by atoms with van der Waals surface area (Å²) in [5.41, 5.74) is -0.238. The molecule has 0 unspecified atom stereocenters. The Balaban J connectivity index is 3.23. The van der Waals surface area contributed by atoms with Crippen molar-refractivity contribution in [3.05, 3.63) is 33.8 Å². The molecule has 5 heteroatoms. The average Bonchev–Trinajstić information content (AvgIpc) is 2.10. The van der Waals surface area contributed by atoms with Crippen molar-refractivity contribution in [2.24, 2.45) is 0 Å². The minimum atomic E-state index is -0.724. The van der Waals surface area contributed by atoms with Crippen LogP contribution in [0.25, 0.3) is 0 Å². The fourth-order valence-corrected chi connectivity index (χ4v) is 1.43. The van der Waals surface area contributed by atoms with Gasteiger partial charge in [0, 0.05) is 0 Å². The summed E-state index contributed by atoms with van der Waals surface area (Å²) < 4.78 is 25.9. The molecule has 0 bridgehead atoms. The van der Waals surface area contributed by atoms with E-state index in [1.807, 2.05) is 0 Å². The van der Waals surface area contributed by atoms with E-state index in [2.05, 4.69) is 31.9 Å². The van der Waals surface area contributed by atoms with E-state index >= 15 is 0 Å². The minimum absolute atomic E-state index is 0.0103. The first-order chi connectivity index (χ1) is 6.06. The summed E-state index contributed by atoms with van der Waals surface area (Å²) >= 11 is 5.69. The van der Waals surface area contributed by atoms with E-state index in [-0.39, 0.29) is 15.4 Å². The largest absolute Gasteiger partial charge is 0.293 e. The maximum Gasteiger partial charge on any atom is 0.176 e. The number of carbonyl (C=O) groups is 1. The number of carbonyl (C=O) groups excluding carboxylic acids is 1. The van der Waals surface area contributed by atoms with Gasteiger partial charge in [0.15, 0.2) is 5.78 Å². The summed E-state index contributed by atoms with van der Waals surface area (Å²) in [4.78, 5) is 11.0. The highest BCUT2D eigenvalue weighted by Crippen LogP contribution is 2.20. The second-order valence-corrected chi connectivity index (χ2v) is 3.72. The average molecular weight is 314 g/mol. The first kappa shape index (κ1) is 10.8. The van der Waals surface area contributed by atoms with Crippen LogP contribution in [0.2, 0.25) is 0 Å². The molecule has 0 radical (unpaired) electrons. The Morgan fingerprint density at radius 1 is 1.31 bits per heavy atom. The number of hydrogen-bond donors (Lipinski definition) is 0. The Kier molecular flexibility index (Phi) is 3.55. The lowest BCUT2D eigenvalue weighted by Crippen LogP contribution is -2.04. The number of Topliss-reactive ketones (excluding diaryl/α,β-unsaturated/α-hetero) is 1. The molecule has 0 N–H and O–H groups in total. The van der Waals surface area contributed by atoms with Gasteiger partial charge in [0.25, 0.3) is 0 Å². The molecule has 0 aromatic heterocycles. The zero-order chi connectivity index (χ0) is 10.0. The van der Waals surface area contributed by atoms with Crippen LogP contribution in [-0.4, -0.2) is 11.1 Å². The lowest BCUT2D eigenvalue weighted by molar-refractivity contribution is 0.101. The van der Waals surface area contributed by atoms with E-state index in [0.29, 0.717) is 0 Å². The van der Waals surface area contributed by atoms with Gasteiger partial charge in [-0.15, -0.1) is 0 Å². The highest BCUT2D eigenvalue weighted by molar-refractivity contribution is 9.10. The monoisotopic (exact) mass is 312 g/mol. The molecule has 0 saturated carbocycles. The van der Waals surface area contributed by atoms with Crippen LogP contribution in [0.4, 0.5) is 8.78 Å². The van der Waals surface area contributed by atoms with Crippen LogP contribution in [0.5, 0.6) is 0 Å². The van der Waals surface area contributed by atoms with Crippen molar-refractivity contribution < 1.29 is 13.6 Å². The van der Waals surface area contributed by atoms with Crippen molar-refractivity contribution in [3.8, 4) is 0 Å². The van der Waals surface area contributed by atoms with Crippen molar-refractivity contribution in [2.75, 3.05) is 5.33 Å². The molecule has 1 rings (SSSR count). The lowest BCUT2D eigenvalue weighted by Gasteiger charge is -2.01. The highest BCUT2D eigenvalue weighted by atomic mass is 79.9. The van der Waals surface area contributed by atoms with Crippen LogP contribution in [0.3, 0.4) is 0 Å². The fraction of sp³-hybridized carbons (Fsp3) is 0.125. The van der Waals surface area contributed by atoms with E-state index < -0.39 is 17.4 Å². The van der Waals surface area contributed by atoms with Gasteiger partial charge in [-0.05, 0) is 28.1 Å². The minimum Gasteiger partial charge on any atom is -0.293 e. The Morgan fingerprint density at radius 2 is 1.92 bits per heavy atom. The van der Waals surface area contributed by atoms with E-state index in [4.69, 9.17) is 0 Å². The van der Waals surface area contributed by atoms with Gasteiger partial charge in [0.05, 0.1) is 15.4 Å². The Bertz CT molecular complexity index is 352. The van der Waals surface area contributed by atoms with E-state index in [0.717, 1.165) is 12.1 Å². The number of rotatable bonds is 2. The molecule has 0 heterocycles. The quantitative estimate of drug-likeness (QED) is 0.465. The fourth-order valence-electron chi connectivity index (χ4n) is 0.808. The van der Waals surface area contributed by atoms with Gasteiger partial charge in [-0.2, -0.15) is 0 Å². The van der Waals surface area contributed by atoms with Crippen molar-refractivity contribution in [1.82, 2.24) is 0 Å². The summed E-state index contributed by atoms with van der Waals surface area (Å²) in [6.07, 6.45) is 0. The van der Waals surface area contributed by atoms with Gasteiger partial charge in [-0.25, -0.2) is 8.78 Å². The normalized spacial score (nSPS) is 10.2. The molecule has 0 aliphatic carbocycles. The Morgan fingerprint density at radius 3 is 2.46 bits per heavy atom. The lowest BCUT2D eigenvalue weighted by atomic mass is 10.1. The molecule has 1 nitrogen and oxygen atoms in total. The van der Waals surface area contributed by atoms with Crippen LogP contribution in [0.1, 0.15) is 10.4 Å². The first-order valence-electron chi connectivity index (χ1n) is 3.30. The smallest absolute Gasteiger partial charge is 0.176 e. The number of benzene rings is 1. The summed E-state index contributed by atoms with van der Waals surface area (Å²) in [6.45, 7) is 0. The molecule has 70 valence electrons. The molecule has 0 saturated heterocycles. The van der Waals surface area contributed by atoms with Gasteiger partial charge in [0.1, 0.15) is 11.6 Å². The zero-order valence-corrected chi connectivity index (χ0v) is 9.45. The van der Waals surface area contributed by atoms with E-state index in [1.54, 1.807) is 0 Å². The first-order valence-corrected chi connectivity index (χ1v) is 5.21. The molecule has 0 spiro atoms. The van der Waals surface area contributed by atoms with Crippen molar-refractivity contribution in [1.29, 1.82) is 0 Å². The van der Waals surface area contributed by atoms with Crippen LogP contribution >= 0.6 is 31.9 Å². The third-order valence-corrected chi connectivity index (χ3v) is 2.55. The van der Waals surface area contributed by atoms with Gasteiger partial charge < -0.3 is 0 Å². The molecule has 0 amide bonds. The standard InChI is InChI=1S/C8H4Br2F2O/c9-3-8(13)4-1-7(12)5(10)2-6(4)11/h1-2H,3H2. The van der Waals surface area contributed by atoms with Gasteiger partial charge in [-0.1, -0.05) is 15.9 Å². The predicted octanol–water partition coefficient (Wildman–Crippen LogP) is 3.30. The highest BCUT2D eigenvalue weighted by Gasteiger charge is 2.13. The second-order valence-electron chi connectivity index (χ2n) is 2.30. The molecular weight excluding hydrogens is 310 g/mol.